The average molecular weight is 285 g/mol. The molecule has 1 aromatic rings. The molecule has 0 radical (unpaired) electrons. The minimum atomic E-state index is -0.0800. The Balaban J connectivity index is 0.000000399. The standard InChI is InChI=1S/C10H9ClN2O2.C3H8O/c11-7-5-6(1-3-9(7)14)8-2-4-10(15)13-12-8;1-2-3-4/h1,3,5,14H,2,4H2,(H,13,15);4H,2-3H2,1H3. The van der Waals surface area contributed by atoms with E-state index in [0.29, 0.717) is 19.4 Å². The normalized spacial score (nSPS) is 14.1. The van der Waals surface area contributed by atoms with Gasteiger partial charge in [0.1, 0.15) is 5.75 Å². The molecule has 1 aliphatic rings. The summed E-state index contributed by atoms with van der Waals surface area (Å²) in [5.74, 6) is -0.0375. The summed E-state index contributed by atoms with van der Waals surface area (Å²) in [4.78, 5) is 10.9. The van der Waals surface area contributed by atoms with Crippen LogP contribution in [-0.2, 0) is 4.79 Å². The molecule has 2 rings (SSSR count). The number of benzene rings is 1. The van der Waals surface area contributed by atoms with Crippen LogP contribution in [0.4, 0.5) is 0 Å². The molecular weight excluding hydrogens is 268 g/mol. The first-order chi connectivity index (χ1) is 9.08. The number of aromatic hydroxyl groups is 1. The van der Waals surface area contributed by atoms with Crippen LogP contribution in [0.1, 0.15) is 31.7 Å². The summed E-state index contributed by atoms with van der Waals surface area (Å²) < 4.78 is 0. The first-order valence-corrected chi connectivity index (χ1v) is 6.41. The van der Waals surface area contributed by atoms with Crippen LogP contribution >= 0.6 is 11.6 Å². The summed E-state index contributed by atoms with van der Waals surface area (Å²) in [6.07, 6.45) is 1.89. The zero-order chi connectivity index (χ0) is 14.3. The van der Waals surface area contributed by atoms with Crippen LogP contribution in [0.15, 0.2) is 23.3 Å². The number of nitrogens with zero attached hydrogens (tertiary/aromatic N) is 1. The summed E-state index contributed by atoms with van der Waals surface area (Å²) in [6, 6.07) is 4.86. The van der Waals surface area contributed by atoms with Gasteiger partial charge in [0.15, 0.2) is 0 Å². The van der Waals surface area contributed by atoms with Crippen LogP contribution in [0.25, 0.3) is 0 Å². The monoisotopic (exact) mass is 284 g/mol. The first kappa shape index (κ1) is 15.5. The van der Waals surface area contributed by atoms with E-state index in [0.717, 1.165) is 17.7 Å². The Kier molecular flexibility index (Phi) is 6.32. The second-order valence-corrected chi connectivity index (χ2v) is 4.39. The van der Waals surface area contributed by atoms with Crippen LogP contribution in [-0.4, -0.2) is 28.4 Å². The quantitative estimate of drug-likeness (QED) is 0.777. The number of rotatable bonds is 2. The van der Waals surface area contributed by atoms with Gasteiger partial charge < -0.3 is 10.2 Å². The second kappa shape index (κ2) is 7.76. The number of nitrogens with one attached hydrogen (secondary N) is 1. The van der Waals surface area contributed by atoms with Crippen molar-refractivity contribution in [1.29, 1.82) is 0 Å². The molecule has 0 spiro atoms. The van der Waals surface area contributed by atoms with E-state index in [2.05, 4.69) is 10.5 Å². The second-order valence-electron chi connectivity index (χ2n) is 3.98. The van der Waals surface area contributed by atoms with Crippen LogP contribution in [0.5, 0.6) is 5.75 Å². The van der Waals surface area contributed by atoms with E-state index in [9.17, 15) is 9.90 Å². The van der Waals surface area contributed by atoms with Crippen molar-refractivity contribution in [1.82, 2.24) is 5.43 Å². The fourth-order valence-electron chi connectivity index (χ4n) is 1.37. The Morgan fingerprint density at radius 2 is 2.11 bits per heavy atom. The van der Waals surface area contributed by atoms with Gasteiger partial charge in [-0.2, -0.15) is 5.10 Å². The average Bonchev–Trinajstić information content (AvgIpc) is 2.43. The smallest absolute Gasteiger partial charge is 0.240 e. The van der Waals surface area contributed by atoms with E-state index in [1.807, 2.05) is 6.92 Å². The third kappa shape index (κ3) is 4.89. The first-order valence-electron chi connectivity index (χ1n) is 6.03. The van der Waals surface area contributed by atoms with Gasteiger partial charge in [-0.1, -0.05) is 18.5 Å². The molecule has 1 heterocycles. The molecule has 0 bridgehead atoms. The molecule has 1 amide bonds. The van der Waals surface area contributed by atoms with Gasteiger partial charge in [0.05, 0.1) is 10.7 Å². The lowest BCUT2D eigenvalue weighted by Crippen LogP contribution is -2.25. The molecule has 0 fully saturated rings. The fraction of sp³-hybridized carbons (Fsp3) is 0.385. The highest BCUT2D eigenvalue weighted by Gasteiger charge is 2.13. The predicted octanol–water partition coefficient (Wildman–Crippen LogP) is 2.05. The van der Waals surface area contributed by atoms with Crippen LogP contribution < -0.4 is 5.43 Å². The number of carbonyl (C=O) groups excluding carboxylic acids is 1. The van der Waals surface area contributed by atoms with E-state index >= 15 is 0 Å². The van der Waals surface area contributed by atoms with Crippen molar-refractivity contribution < 1.29 is 15.0 Å². The SMILES string of the molecule is CCCO.O=C1CCC(c2ccc(O)c(Cl)c2)=NN1. The zero-order valence-corrected chi connectivity index (χ0v) is 11.4. The highest BCUT2D eigenvalue weighted by Crippen LogP contribution is 2.24. The lowest BCUT2D eigenvalue weighted by molar-refractivity contribution is -0.121. The van der Waals surface area contributed by atoms with Gasteiger partial charge in [-0.15, -0.1) is 0 Å². The number of hydrazone groups is 1. The number of halogens is 1. The van der Waals surface area contributed by atoms with Gasteiger partial charge in [0.2, 0.25) is 5.91 Å². The number of hydrogen-bond donors (Lipinski definition) is 3. The highest BCUT2D eigenvalue weighted by atomic mass is 35.5. The van der Waals surface area contributed by atoms with E-state index < -0.39 is 0 Å². The Hall–Kier alpha value is -1.59. The van der Waals surface area contributed by atoms with E-state index in [4.69, 9.17) is 16.7 Å². The summed E-state index contributed by atoms with van der Waals surface area (Å²) in [7, 11) is 0. The van der Waals surface area contributed by atoms with E-state index in [1.165, 1.54) is 6.07 Å². The third-order valence-corrected chi connectivity index (χ3v) is 2.71. The zero-order valence-electron chi connectivity index (χ0n) is 10.7. The van der Waals surface area contributed by atoms with Crippen molar-refractivity contribution in [2.75, 3.05) is 6.61 Å². The molecule has 104 valence electrons. The molecule has 0 aliphatic carbocycles. The number of phenolic OH excluding ortho intramolecular Hbond substituents is 1. The summed E-state index contributed by atoms with van der Waals surface area (Å²) in [5.41, 5.74) is 4.00. The Labute approximate surface area is 116 Å². The summed E-state index contributed by atoms with van der Waals surface area (Å²) in [6.45, 7) is 2.25. The number of hydrogen-bond acceptors (Lipinski definition) is 4. The molecular formula is C13H17ClN2O3. The molecule has 1 aliphatic heterocycles. The number of carbonyl (C=O) groups is 1. The number of phenols is 1. The van der Waals surface area contributed by atoms with Crippen molar-refractivity contribution in [2.45, 2.75) is 26.2 Å². The molecule has 0 unspecified atom stereocenters. The summed E-state index contributed by atoms with van der Waals surface area (Å²) >= 11 is 5.77. The van der Waals surface area contributed by atoms with Gasteiger partial charge in [-0.25, -0.2) is 5.43 Å². The third-order valence-electron chi connectivity index (χ3n) is 2.41. The van der Waals surface area contributed by atoms with Crippen molar-refractivity contribution in [3.63, 3.8) is 0 Å². The predicted molar refractivity (Wildman–Crippen MR) is 74.4 cm³/mol. The number of amides is 1. The maximum atomic E-state index is 10.9. The maximum Gasteiger partial charge on any atom is 0.240 e. The van der Waals surface area contributed by atoms with Crippen LogP contribution in [0, 0.1) is 0 Å². The fourth-order valence-corrected chi connectivity index (χ4v) is 1.55. The van der Waals surface area contributed by atoms with E-state index in [-0.39, 0.29) is 16.7 Å². The molecule has 0 aromatic heterocycles. The van der Waals surface area contributed by atoms with Crippen molar-refractivity contribution in [2.24, 2.45) is 5.10 Å². The lowest BCUT2D eigenvalue weighted by Gasteiger charge is -2.12. The molecule has 0 saturated heterocycles. The Bertz CT molecular complexity index is 473. The van der Waals surface area contributed by atoms with Crippen LogP contribution in [0.3, 0.4) is 0 Å². The number of aliphatic hydroxyl groups excluding tert-OH is 1. The van der Waals surface area contributed by atoms with Gasteiger partial charge in [-0.3, -0.25) is 4.79 Å². The molecule has 5 nitrogen and oxygen atoms in total. The molecule has 19 heavy (non-hydrogen) atoms. The van der Waals surface area contributed by atoms with Gasteiger partial charge in [0.25, 0.3) is 0 Å². The summed E-state index contributed by atoms with van der Waals surface area (Å²) in [5, 5.41) is 21.3. The molecule has 6 heteroatoms. The minimum absolute atomic E-state index is 0.0425. The largest absolute Gasteiger partial charge is 0.506 e. The highest BCUT2D eigenvalue weighted by molar-refractivity contribution is 6.32. The van der Waals surface area contributed by atoms with Gasteiger partial charge in [-0.05, 0) is 30.2 Å². The topological polar surface area (TPSA) is 81.9 Å². The Morgan fingerprint density at radius 3 is 2.58 bits per heavy atom. The van der Waals surface area contributed by atoms with Crippen molar-refractivity contribution >= 4 is 23.2 Å². The van der Waals surface area contributed by atoms with Crippen molar-refractivity contribution in [3.8, 4) is 5.75 Å². The number of aliphatic hydroxyl groups is 1. The molecule has 0 atom stereocenters. The van der Waals surface area contributed by atoms with Gasteiger partial charge >= 0.3 is 0 Å². The molecule has 1 aromatic carbocycles. The molecule has 3 N–H and O–H groups in total. The maximum absolute atomic E-state index is 10.9. The molecule has 0 saturated carbocycles. The Morgan fingerprint density at radius 1 is 1.42 bits per heavy atom. The van der Waals surface area contributed by atoms with Crippen molar-refractivity contribution in [3.05, 3.63) is 28.8 Å². The lowest BCUT2D eigenvalue weighted by atomic mass is 10.0. The van der Waals surface area contributed by atoms with Crippen LogP contribution in [0.2, 0.25) is 5.02 Å². The minimum Gasteiger partial charge on any atom is -0.506 e. The van der Waals surface area contributed by atoms with E-state index in [1.54, 1.807) is 12.1 Å². The van der Waals surface area contributed by atoms with Gasteiger partial charge in [0, 0.05) is 19.4 Å².